The summed E-state index contributed by atoms with van der Waals surface area (Å²) in [6.45, 7) is 1.41. The molecular formula is C27H29N3O6S2. The molecule has 0 bridgehead atoms. The van der Waals surface area contributed by atoms with Crippen LogP contribution in [0.25, 0.3) is 0 Å². The van der Waals surface area contributed by atoms with E-state index in [1.54, 1.807) is 24.3 Å². The van der Waals surface area contributed by atoms with Gasteiger partial charge in [0.1, 0.15) is 18.4 Å². The first-order chi connectivity index (χ1) is 18.3. The zero-order valence-electron chi connectivity index (χ0n) is 21.3. The van der Waals surface area contributed by atoms with Crippen molar-refractivity contribution in [1.82, 2.24) is 5.43 Å². The molecule has 1 saturated heterocycles. The highest BCUT2D eigenvalue weighted by atomic mass is 32.2. The van der Waals surface area contributed by atoms with Crippen LogP contribution in [0.3, 0.4) is 0 Å². The third-order valence-electron chi connectivity index (χ3n) is 5.72. The van der Waals surface area contributed by atoms with E-state index in [1.165, 1.54) is 38.6 Å². The summed E-state index contributed by atoms with van der Waals surface area (Å²) >= 11 is 1.84. The van der Waals surface area contributed by atoms with Gasteiger partial charge in [0.2, 0.25) is 0 Å². The number of nitrogens with zero attached hydrogens (tertiary/aromatic N) is 2. The molecule has 0 radical (unpaired) electrons. The first kappa shape index (κ1) is 27.3. The van der Waals surface area contributed by atoms with Crippen LogP contribution < -0.4 is 23.9 Å². The molecule has 1 heterocycles. The molecule has 0 aliphatic carbocycles. The highest BCUT2D eigenvalue weighted by molar-refractivity contribution is 8.00. The fourth-order valence-corrected chi connectivity index (χ4v) is 5.62. The first-order valence-corrected chi connectivity index (χ1v) is 14.4. The zero-order valence-corrected chi connectivity index (χ0v) is 22.9. The summed E-state index contributed by atoms with van der Waals surface area (Å²) in [5.74, 6) is 2.72. The predicted molar refractivity (Wildman–Crippen MR) is 149 cm³/mol. The fourth-order valence-electron chi connectivity index (χ4n) is 3.62. The summed E-state index contributed by atoms with van der Waals surface area (Å²) < 4.78 is 44.7. The minimum Gasteiger partial charge on any atom is -0.493 e. The Bertz CT molecular complexity index is 1410. The van der Waals surface area contributed by atoms with Crippen molar-refractivity contribution >= 4 is 39.6 Å². The highest BCUT2D eigenvalue weighted by Crippen LogP contribution is 2.32. The molecule has 38 heavy (non-hydrogen) atoms. The molecule has 3 aromatic rings. The number of amides is 1. The summed E-state index contributed by atoms with van der Waals surface area (Å²) in [6, 6.07) is 18.5. The highest BCUT2D eigenvalue weighted by Gasteiger charge is 2.28. The van der Waals surface area contributed by atoms with Gasteiger partial charge in [0, 0.05) is 17.6 Å². The summed E-state index contributed by atoms with van der Waals surface area (Å²) in [5.41, 5.74) is 4.45. The average Bonchev–Trinajstić information content (AvgIpc) is 2.89. The van der Waals surface area contributed by atoms with Crippen molar-refractivity contribution in [2.24, 2.45) is 5.10 Å². The monoisotopic (exact) mass is 555 g/mol. The topological polar surface area (TPSA) is 107 Å². The normalized spacial score (nSPS) is 13.6. The van der Waals surface area contributed by atoms with E-state index in [1.807, 2.05) is 43.0 Å². The maximum atomic E-state index is 13.7. The van der Waals surface area contributed by atoms with Gasteiger partial charge in [-0.1, -0.05) is 29.8 Å². The Balaban J connectivity index is 1.52. The Labute approximate surface area is 226 Å². The number of ether oxygens (including phenoxy) is 3. The Morgan fingerprint density at radius 3 is 2.45 bits per heavy atom. The second-order valence-electron chi connectivity index (χ2n) is 8.51. The lowest BCUT2D eigenvalue weighted by atomic mass is 10.2. The first-order valence-electron chi connectivity index (χ1n) is 11.8. The number of benzene rings is 3. The van der Waals surface area contributed by atoms with Crippen molar-refractivity contribution in [3.8, 4) is 17.2 Å². The van der Waals surface area contributed by atoms with E-state index < -0.39 is 22.5 Å². The van der Waals surface area contributed by atoms with Crippen LogP contribution in [0.1, 0.15) is 11.1 Å². The number of anilines is 1. The minimum atomic E-state index is -4.14. The van der Waals surface area contributed by atoms with Gasteiger partial charge in [0.25, 0.3) is 15.9 Å². The molecule has 200 valence electrons. The molecule has 1 N–H and O–H groups in total. The van der Waals surface area contributed by atoms with Crippen LogP contribution in [0.2, 0.25) is 0 Å². The van der Waals surface area contributed by atoms with Crippen molar-refractivity contribution in [1.29, 1.82) is 0 Å². The number of hydrogen-bond acceptors (Lipinski definition) is 8. The van der Waals surface area contributed by atoms with Gasteiger partial charge in [-0.3, -0.25) is 9.10 Å². The molecule has 0 unspecified atom stereocenters. The van der Waals surface area contributed by atoms with E-state index in [0.717, 1.165) is 32.7 Å². The van der Waals surface area contributed by atoms with E-state index in [2.05, 4.69) is 10.5 Å². The van der Waals surface area contributed by atoms with E-state index in [-0.39, 0.29) is 16.7 Å². The van der Waals surface area contributed by atoms with Gasteiger partial charge in [-0.25, -0.2) is 13.8 Å². The van der Waals surface area contributed by atoms with Crippen LogP contribution in [0.15, 0.2) is 76.7 Å². The third kappa shape index (κ3) is 6.59. The summed E-state index contributed by atoms with van der Waals surface area (Å²) in [5, 5.41) is 4.02. The quantitative estimate of drug-likeness (QED) is 0.283. The van der Waals surface area contributed by atoms with Crippen LogP contribution in [-0.4, -0.2) is 58.9 Å². The summed E-state index contributed by atoms with van der Waals surface area (Å²) in [6.07, 6.45) is 1.70. The van der Waals surface area contributed by atoms with Crippen molar-refractivity contribution in [3.05, 3.63) is 77.9 Å². The molecule has 0 aromatic heterocycles. The molecule has 0 saturated carbocycles. The van der Waals surface area contributed by atoms with Crippen LogP contribution in [-0.2, 0) is 14.8 Å². The number of aryl methyl sites for hydroxylation is 1. The number of thioether (sulfide) groups is 1. The number of nitrogens with one attached hydrogen (secondary N) is 1. The maximum absolute atomic E-state index is 13.7. The second kappa shape index (κ2) is 12.2. The molecule has 4 rings (SSSR count). The largest absolute Gasteiger partial charge is 0.493 e. The van der Waals surface area contributed by atoms with E-state index in [9.17, 15) is 13.2 Å². The lowest BCUT2D eigenvalue weighted by Crippen LogP contribution is -2.39. The second-order valence-corrected chi connectivity index (χ2v) is 11.4. The third-order valence-corrected chi connectivity index (χ3v) is 8.71. The Morgan fingerprint density at radius 1 is 1.05 bits per heavy atom. The van der Waals surface area contributed by atoms with Crippen molar-refractivity contribution < 1.29 is 27.4 Å². The van der Waals surface area contributed by atoms with E-state index >= 15 is 0 Å². The molecule has 9 nitrogen and oxygen atoms in total. The Morgan fingerprint density at radius 2 is 1.79 bits per heavy atom. The van der Waals surface area contributed by atoms with Gasteiger partial charge in [-0.05, 0) is 48.9 Å². The SMILES string of the molecule is COc1ccc(S(=O)(=O)N(CC(=O)N/N=C\c2cccc(OC3CSC3)c2)c2ccc(C)cc2)cc1OC. The molecule has 1 amide bonds. The molecule has 0 spiro atoms. The number of carbonyl (C=O) groups excluding carboxylic acids is 1. The smallest absolute Gasteiger partial charge is 0.264 e. The lowest BCUT2D eigenvalue weighted by Gasteiger charge is -2.25. The van der Waals surface area contributed by atoms with E-state index in [0.29, 0.717) is 11.4 Å². The molecule has 11 heteroatoms. The van der Waals surface area contributed by atoms with Gasteiger partial charge in [-0.15, -0.1) is 0 Å². The van der Waals surface area contributed by atoms with Crippen molar-refractivity contribution in [2.45, 2.75) is 17.9 Å². The molecular weight excluding hydrogens is 526 g/mol. The minimum absolute atomic E-state index is 0.0475. The number of rotatable bonds is 11. The molecule has 1 aliphatic rings. The van der Waals surface area contributed by atoms with Gasteiger partial charge in [0.15, 0.2) is 11.5 Å². The van der Waals surface area contributed by atoms with Crippen LogP contribution in [0.4, 0.5) is 5.69 Å². The molecule has 0 atom stereocenters. The number of methoxy groups -OCH3 is 2. The predicted octanol–water partition coefficient (Wildman–Crippen LogP) is 3.85. The average molecular weight is 556 g/mol. The fraction of sp³-hybridized carbons (Fsp3) is 0.259. The number of carbonyl (C=O) groups is 1. The standard InChI is InChI=1S/C27H29N3O6S2/c1-19-7-9-21(10-8-19)30(38(32,33)24-11-12-25(34-2)26(14-24)35-3)16-27(31)29-28-15-20-5-4-6-22(13-20)36-23-17-37-18-23/h4-15,23H,16-18H2,1-3H3,(H,29,31)/b28-15-. The zero-order chi connectivity index (χ0) is 27.1. The van der Waals surface area contributed by atoms with Gasteiger partial charge < -0.3 is 14.2 Å². The Kier molecular flexibility index (Phi) is 8.80. The van der Waals surface area contributed by atoms with Crippen molar-refractivity contribution in [3.63, 3.8) is 0 Å². The van der Waals surface area contributed by atoms with Gasteiger partial charge >= 0.3 is 0 Å². The number of hydrogen-bond donors (Lipinski definition) is 1. The number of hydrazone groups is 1. The summed E-state index contributed by atoms with van der Waals surface area (Å²) in [7, 11) is -1.26. The number of sulfonamides is 1. The lowest BCUT2D eigenvalue weighted by molar-refractivity contribution is -0.119. The molecule has 3 aromatic carbocycles. The maximum Gasteiger partial charge on any atom is 0.264 e. The van der Waals surface area contributed by atoms with Gasteiger partial charge in [0.05, 0.1) is 31.0 Å². The molecule has 1 fully saturated rings. The molecule has 1 aliphatic heterocycles. The van der Waals surface area contributed by atoms with Crippen LogP contribution >= 0.6 is 11.8 Å². The summed E-state index contributed by atoms with van der Waals surface area (Å²) in [4.78, 5) is 12.8. The van der Waals surface area contributed by atoms with E-state index in [4.69, 9.17) is 14.2 Å². The van der Waals surface area contributed by atoms with Crippen LogP contribution in [0.5, 0.6) is 17.2 Å². The Hall–Kier alpha value is -3.70. The van der Waals surface area contributed by atoms with Gasteiger partial charge in [-0.2, -0.15) is 16.9 Å². The van der Waals surface area contributed by atoms with Crippen molar-refractivity contribution in [2.75, 3.05) is 36.6 Å². The van der Waals surface area contributed by atoms with Crippen LogP contribution in [0, 0.1) is 6.92 Å².